The van der Waals surface area contributed by atoms with Crippen molar-refractivity contribution in [1.29, 1.82) is 0 Å². The molecule has 0 unspecified atom stereocenters. The molecule has 2 atom stereocenters. The second-order valence-electron chi connectivity index (χ2n) is 7.29. The average molecular weight is 451 g/mol. The third kappa shape index (κ3) is 9.85. The number of carbonyl (C=O) groups excluding carboxylic acids is 3. The monoisotopic (exact) mass is 450 g/mol. The van der Waals surface area contributed by atoms with Crippen molar-refractivity contribution in [3.05, 3.63) is 60.2 Å². The SMILES string of the molecule is CCOC(=O)[C@@H](C)C[C@@H](Cc1ccc(-c2ccccc2)cc1)NC(=O)CCC(=O)[O-].[Ca+2]. The second kappa shape index (κ2) is 14.2. The molecule has 1 N–H and O–H groups in total. The molecular weight excluding hydrogens is 422 g/mol. The Hall–Kier alpha value is -1.89. The number of amides is 1. The zero-order valence-electron chi connectivity index (χ0n) is 18.1. The molecular formula is C24H28CaNO5+. The van der Waals surface area contributed by atoms with E-state index in [1.54, 1.807) is 13.8 Å². The number of hydrogen-bond donors (Lipinski definition) is 1. The Balaban J connectivity index is 0.00000480. The van der Waals surface area contributed by atoms with E-state index in [1.807, 2.05) is 54.6 Å². The summed E-state index contributed by atoms with van der Waals surface area (Å²) in [5.74, 6) is -2.34. The molecule has 2 rings (SSSR count). The summed E-state index contributed by atoms with van der Waals surface area (Å²) in [5, 5.41) is 13.5. The molecule has 6 nitrogen and oxygen atoms in total. The van der Waals surface area contributed by atoms with Crippen LogP contribution in [0.1, 0.15) is 38.7 Å². The van der Waals surface area contributed by atoms with E-state index in [9.17, 15) is 19.5 Å². The van der Waals surface area contributed by atoms with Gasteiger partial charge in [-0.1, -0.05) is 61.5 Å². The fraction of sp³-hybridized carbons (Fsp3) is 0.375. The first-order valence-electron chi connectivity index (χ1n) is 10.2. The van der Waals surface area contributed by atoms with E-state index >= 15 is 0 Å². The van der Waals surface area contributed by atoms with Crippen LogP contribution in [0, 0.1) is 5.92 Å². The van der Waals surface area contributed by atoms with E-state index in [0.717, 1.165) is 16.7 Å². The normalized spacial score (nSPS) is 12.2. The second-order valence-corrected chi connectivity index (χ2v) is 7.29. The summed E-state index contributed by atoms with van der Waals surface area (Å²) in [4.78, 5) is 34.8. The fourth-order valence-electron chi connectivity index (χ4n) is 3.26. The third-order valence-corrected chi connectivity index (χ3v) is 4.79. The molecule has 0 heterocycles. The Morgan fingerprint density at radius 3 is 2.16 bits per heavy atom. The van der Waals surface area contributed by atoms with Crippen LogP contribution in [-0.4, -0.2) is 68.2 Å². The molecule has 31 heavy (non-hydrogen) atoms. The van der Waals surface area contributed by atoms with Crippen molar-refractivity contribution in [3.8, 4) is 11.1 Å². The molecule has 1 amide bonds. The van der Waals surface area contributed by atoms with Gasteiger partial charge in [0.1, 0.15) is 0 Å². The molecule has 0 radical (unpaired) electrons. The number of carbonyl (C=O) groups is 3. The minimum atomic E-state index is -1.27. The summed E-state index contributed by atoms with van der Waals surface area (Å²) in [6, 6.07) is 17.7. The Morgan fingerprint density at radius 1 is 0.968 bits per heavy atom. The first kappa shape index (κ1) is 27.1. The van der Waals surface area contributed by atoms with Gasteiger partial charge >= 0.3 is 43.7 Å². The van der Waals surface area contributed by atoms with Crippen molar-refractivity contribution >= 4 is 55.6 Å². The van der Waals surface area contributed by atoms with E-state index in [0.29, 0.717) is 19.4 Å². The van der Waals surface area contributed by atoms with Gasteiger partial charge in [-0.05, 0) is 42.9 Å². The quantitative estimate of drug-likeness (QED) is 0.418. The summed E-state index contributed by atoms with van der Waals surface area (Å²) in [6.45, 7) is 3.81. The van der Waals surface area contributed by atoms with Gasteiger partial charge in [0, 0.05) is 18.4 Å². The first-order chi connectivity index (χ1) is 14.4. The molecule has 0 aromatic heterocycles. The van der Waals surface area contributed by atoms with E-state index in [4.69, 9.17) is 4.74 Å². The van der Waals surface area contributed by atoms with E-state index < -0.39 is 5.97 Å². The van der Waals surface area contributed by atoms with Crippen LogP contribution < -0.4 is 10.4 Å². The number of hydrogen-bond acceptors (Lipinski definition) is 5. The van der Waals surface area contributed by atoms with E-state index in [2.05, 4.69) is 5.32 Å². The standard InChI is InChI=1S/C24H29NO5.Ca/c1-3-30-24(29)17(2)15-21(25-22(26)13-14-23(27)28)16-18-9-11-20(12-10-18)19-7-5-4-6-8-19;/h4-12,17,21H,3,13-16H2,1-2H3,(H,25,26)(H,27,28);/q;+2/p-1/t17-,21-;/m0./s1. The number of esters is 1. The van der Waals surface area contributed by atoms with Crippen LogP contribution in [-0.2, 0) is 25.5 Å². The van der Waals surface area contributed by atoms with Crippen molar-refractivity contribution in [1.82, 2.24) is 5.32 Å². The van der Waals surface area contributed by atoms with Crippen LogP contribution in [0.15, 0.2) is 54.6 Å². The number of rotatable bonds is 11. The van der Waals surface area contributed by atoms with Crippen LogP contribution in [0.3, 0.4) is 0 Å². The van der Waals surface area contributed by atoms with E-state index in [-0.39, 0.29) is 74.4 Å². The van der Waals surface area contributed by atoms with Crippen LogP contribution in [0.4, 0.5) is 0 Å². The molecule has 0 fully saturated rings. The van der Waals surface area contributed by atoms with Crippen LogP contribution in [0.5, 0.6) is 0 Å². The average Bonchev–Trinajstić information content (AvgIpc) is 2.73. The van der Waals surface area contributed by atoms with Crippen LogP contribution >= 0.6 is 0 Å². The summed E-state index contributed by atoms with van der Waals surface area (Å²) >= 11 is 0. The smallest absolute Gasteiger partial charge is 0.550 e. The minimum absolute atomic E-state index is 0. The van der Waals surface area contributed by atoms with Crippen molar-refractivity contribution < 1.29 is 24.2 Å². The predicted octanol–water partition coefficient (Wildman–Crippen LogP) is 2.12. The molecule has 0 spiro atoms. The van der Waals surface area contributed by atoms with Gasteiger partial charge in [0.25, 0.3) is 0 Å². The predicted molar refractivity (Wildman–Crippen MR) is 118 cm³/mol. The number of ether oxygens (including phenoxy) is 1. The maximum atomic E-state index is 12.1. The molecule has 7 heteroatoms. The van der Waals surface area contributed by atoms with Crippen molar-refractivity contribution in [2.75, 3.05) is 6.61 Å². The summed E-state index contributed by atoms with van der Waals surface area (Å²) in [6.07, 6.45) is 0.434. The Morgan fingerprint density at radius 2 is 1.58 bits per heavy atom. The van der Waals surface area contributed by atoms with Gasteiger partial charge in [-0.25, -0.2) is 0 Å². The van der Waals surface area contributed by atoms with Gasteiger partial charge in [-0.3, -0.25) is 9.59 Å². The third-order valence-electron chi connectivity index (χ3n) is 4.79. The number of nitrogens with one attached hydrogen (secondary N) is 1. The molecule has 0 bridgehead atoms. The molecule has 0 aliphatic rings. The molecule has 0 saturated heterocycles. The molecule has 160 valence electrons. The topological polar surface area (TPSA) is 95.5 Å². The largest absolute Gasteiger partial charge is 2.00 e. The van der Waals surface area contributed by atoms with Gasteiger partial charge in [0.15, 0.2) is 0 Å². The molecule has 0 saturated carbocycles. The molecule has 0 aliphatic carbocycles. The van der Waals surface area contributed by atoms with Gasteiger partial charge in [-0.2, -0.15) is 0 Å². The van der Waals surface area contributed by atoms with Crippen molar-refractivity contribution in [2.24, 2.45) is 5.92 Å². The summed E-state index contributed by atoms with van der Waals surface area (Å²) in [7, 11) is 0. The Bertz CT molecular complexity index is 839. The summed E-state index contributed by atoms with van der Waals surface area (Å²) < 4.78 is 5.07. The summed E-state index contributed by atoms with van der Waals surface area (Å²) in [5.41, 5.74) is 3.22. The first-order valence-corrected chi connectivity index (χ1v) is 10.2. The maximum Gasteiger partial charge on any atom is 2.00 e. The fourth-order valence-corrected chi connectivity index (χ4v) is 3.26. The number of aliphatic carboxylic acids is 1. The van der Waals surface area contributed by atoms with Crippen LogP contribution in [0.2, 0.25) is 0 Å². The molecule has 2 aromatic carbocycles. The van der Waals surface area contributed by atoms with Crippen LogP contribution in [0.25, 0.3) is 11.1 Å². The number of carboxylic acid groups (broad SMARTS) is 1. The number of carboxylic acids is 1. The van der Waals surface area contributed by atoms with Gasteiger partial charge in [-0.15, -0.1) is 0 Å². The minimum Gasteiger partial charge on any atom is -0.550 e. The zero-order chi connectivity index (χ0) is 21.9. The zero-order valence-corrected chi connectivity index (χ0v) is 20.3. The van der Waals surface area contributed by atoms with E-state index in [1.165, 1.54) is 0 Å². The number of benzene rings is 2. The van der Waals surface area contributed by atoms with Crippen molar-refractivity contribution in [2.45, 2.75) is 45.6 Å². The maximum absolute atomic E-state index is 12.1. The Kier molecular flexibility index (Phi) is 12.5. The Labute approximate surface area is 213 Å². The van der Waals surface area contributed by atoms with Gasteiger partial charge in [0.05, 0.1) is 12.5 Å². The van der Waals surface area contributed by atoms with Gasteiger partial charge in [0.2, 0.25) is 5.91 Å². The van der Waals surface area contributed by atoms with Crippen molar-refractivity contribution in [3.63, 3.8) is 0 Å². The molecule has 0 aliphatic heterocycles. The molecule has 2 aromatic rings. The van der Waals surface area contributed by atoms with Gasteiger partial charge < -0.3 is 20.0 Å².